The monoisotopic (exact) mass is 193 g/mol. The number of nitrogens with two attached hydrogens (primary N) is 1. The van der Waals surface area contributed by atoms with E-state index in [9.17, 15) is 9.90 Å². The fraction of sp³-hybridized carbons (Fsp3) is 0.364. The summed E-state index contributed by atoms with van der Waals surface area (Å²) in [5, 5.41) is 9.22. The van der Waals surface area contributed by atoms with E-state index in [1.54, 1.807) is 19.1 Å². The van der Waals surface area contributed by atoms with Gasteiger partial charge in [0.1, 0.15) is 11.5 Å². The minimum atomic E-state index is 0.168. The van der Waals surface area contributed by atoms with Crippen molar-refractivity contribution >= 4 is 5.78 Å². The summed E-state index contributed by atoms with van der Waals surface area (Å²) in [6.45, 7) is 1.96. The first kappa shape index (κ1) is 10.7. The molecular formula is C11H15NO2. The second kappa shape index (κ2) is 4.77. The van der Waals surface area contributed by atoms with Crippen LogP contribution in [0.4, 0.5) is 0 Å². The number of carbonyl (C=O) groups excluding carboxylic acids is 1. The van der Waals surface area contributed by atoms with E-state index >= 15 is 0 Å². The van der Waals surface area contributed by atoms with E-state index in [1.807, 2.05) is 6.07 Å². The van der Waals surface area contributed by atoms with Crippen LogP contribution in [0.3, 0.4) is 0 Å². The lowest BCUT2D eigenvalue weighted by atomic mass is 10.0. The zero-order valence-electron chi connectivity index (χ0n) is 8.29. The Morgan fingerprint density at radius 1 is 1.43 bits per heavy atom. The third-order valence-electron chi connectivity index (χ3n) is 2.16. The smallest absolute Gasteiger partial charge is 0.130 e. The number of hydrogen-bond acceptors (Lipinski definition) is 3. The largest absolute Gasteiger partial charge is 0.508 e. The van der Waals surface area contributed by atoms with Crippen molar-refractivity contribution in [1.82, 2.24) is 0 Å². The molecule has 0 aliphatic carbocycles. The number of hydrogen-bond donors (Lipinski definition) is 2. The van der Waals surface area contributed by atoms with Crippen LogP contribution in [0.15, 0.2) is 18.2 Å². The Kier molecular flexibility index (Phi) is 3.65. The molecular weight excluding hydrogens is 178 g/mol. The topological polar surface area (TPSA) is 63.3 Å². The molecule has 0 heterocycles. The minimum absolute atomic E-state index is 0.168. The molecule has 76 valence electrons. The quantitative estimate of drug-likeness (QED) is 0.759. The first-order valence-corrected chi connectivity index (χ1v) is 4.63. The number of phenolic OH excluding ortho intramolecular Hbond substituents is 1. The van der Waals surface area contributed by atoms with Crippen molar-refractivity contribution in [3.05, 3.63) is 29.3 Å². The summed E-state index contributed by atoms with van der Waals surface area (Å²) in [7, 11) is 0. The van der Waals surface area contributed by atoms with Crippen molar-refractivity contribution in [2.45, 2.75) is 26.3 Å². The standard InChI is InChI=1S/C11H15NO2/c1-8(13)2-3-9-4-5-11(14)6-10(9)7-12/h4-6,14H,2-3,7,12H2,1H3. The highest BCUT2D eigenvalue weighted by molar-refractivity contribution is 5.75. The third-order valence-corrected chi connectivity index (χ3v) is 2.16. The van der Waals surface area contributed by atoms with E-state index in [4.69, 9.17) is 5.73 Å². The van der Waals surface area contributed by atoms with Gasteiger partial charge in [0.05, 0.1) is 0 Å². The van der Waals surface area contributed by atoms with Crippen LogP contribution in [0.25, 0.3) is 0 Å². The van der Waals surface area contributed by atoms with Gasteiger partial charge in [-0.2, -0.15) is 0 Å². The van der Waals surface area contributed by atoms with Gasteiger partial charge in [0.25, 0.3) is 0 Å². The Morgan fingerprint density at radius 3 is 2.71 bits per heavy atom. The molecule has 14 heavy (non-hydrogen) atoms. The number of carbonyl (C=O) groups is 1. The molecule has 1 rings (SSSR count). The van der Waals surface area contributed by atoms with Gasteiger partial charge in [-0.05, 0) is 36.6 Å². The summed E-state index contributed by atoms with van der Waals surface area (Å²) in [4.78, 5) is 10.8. The molecule has 0 fully saturated rings. The van der Waals surface area contributed by atoms with Crippen LogP contribution >= 0.6 is 0 Å². The Labute approximate surface area is 83.6 Å². The lowest BCUT2D eigenvalue weighted by Crippen LogP contribution is -2.03. The van der Waals surface area contributed by atoms with Crippen LogP contribution in [-0.2, 0) is 17.8 Å². The van der Waals surface area contributed by atoms with Crippen molar-refractivity contribution in [3.8, 4) is 5.75 Å². The molecule has 0 unspecified atom stereocenters. The molecule has 3 heteroatoms. The van der Waals surface area contributed by atoms with Crippen molar-refractivity contribution in [2.24, 2.45) is 5.73 Å². The van der Waals surface area contributed by atoms with Crippen molar-refractivity contribution < 1.29 is 9.90 Å². The molecule has 0 radical (unpaired) electrons. The average Bonchev–Trinajstić information content (AvgIpc) is 2.15. The molecule has 0 saturated carbocycles. The third kappa shape index (κ3) is 2.85. The molecule has 0 spiro atoms. The maximum Gasteiger partial charge on any atom is 0.130 e. The maximum absolute atomic E-state index is 10.8. The molecule has 0 saturated heterocycles. The zero-order valence-corrected chi connectivity index (χ0v) is 8.29. The molecule has 0 amide bonds. The Morgan fingerprint density at radius 2 is 2.14 bits per heavy atom. The lowest BCUT2D eigenvalue weighted by Gasteiger charge is -2.06. The highest BCUT2D eigenvalue weighted by Gasteiger charge is 2.03. The number of Topliss-reactive ketones (excluding diaryl/α,β-unsaturated/α-hetero) is 1. The van der Waals surface area contributed by atoms with Crippen LogP contribution in [0.2, 0.25) is 0 Å². The molecule has 0 aliphatic heterocycles. The molecule has 1 aromatic carbocycles. The van der Waals surface area contributed by atoms with E-state index in [2.05, 4.69) is 0 Å². The lowest BCUT2D eigenvalue weighted by molar-refractivity contribution is -0.116. The Hall–Kier alpha value is -1.35. The highest BCUT2D eigenvalue weighted by Crippen LogP contribution is 2.17. The van der Waals surface area contributed by atoms with Gasteiger partial charge < -0.3 is 15.6 Å². The number of aryl methyl sites for hydroxylation is 1. The first-order valence-electron chi connectivity index (χ1n) is 4.63. The molecule has 0 bridgehead atoms. The number of benzene rings is 1. The average molecular weight is 193 g/mol. The van der Waals surface area contributed by atoms with Gasteiger partial charge in [-0.1, -0.05) is 6.07 Å². The van der Waals surface area contributed by atoms with Crippen LogP contribution < -0.4 is 5.73 Å². The van der Waals surface area contributed by atoms with Gasteiger partial charge in [0, 0.05) is 13.0 Å². The maximum atomic E-state index is 10.8. The summed E-state index contributed by atoms with van der Waals surface area (Å²) in [5.74, 6) is 0.387. The summed E-state index contributed by atoms with van der Waals surface area (Å²) in [6.07, 6.45) is 1.22. The normalized spacial score (nSPS) is 10.1. The summed E-state index contributed by atoms with van der Waals surface area (Å²) < 4.78 is 0. The fourth-order valence-corrected chi connectivity index (χ4v) is 1.36. The molecule has 1 aromatic rings. The van der Waals surface area contributed by atoms with Crippen molar-refractivity contribution in [2.75, 3.05) is 0 Å². The molecule has 0 aromatic heterocycles. The summed E-state index contributed by atoms with van der Waals surface area (Å²) in [5.41, 5.74) is 7.48. The fourth-order valence-electron chi connectivity index (χ4n) is 1.36. The highest BCUT2D eigenvalue weighted by atomic mass is 16.3. The van der Waals surface area contributed by atoms with Crippen LogP contribution in [0.1, 0.15) is 24.5 Å². The minimum Gasteiger partial charge on any atom is -0.508 e. The molecule has 3 N–H and O–H groups in total. The van der Waals surface area contributed by atoms with E-state index in [0.717, 1.165) is 11.1 Å². The van der Waals surface area contributed by atoms with E-state index in [-0.39, 0.29) is 11.5 Å². The van der Waals surface area contributed by atoms with Gasteiger partial charge in [0.15, 0.2) is 0 Å². The van der Waals surface area contributed by atoms with E-state index in [0.29, 0.717) is 19.4 Å². The summed E-state index contributed by atoms with van der Waals surface area (Å²) in [6, 6.07) is 5.09. The predicted octanol–water partition coefficient (Wildman–Crippen LogP) is 1.37. The zero-order chi connectivity index (χ0) is 10.6. The van der Waals surface area contributed by atoms with E-state index in [1.165, 1.54) is 0 Å². The Bertz CT molecular complexity index is 334. The van der Waals surface area contributed by atoms with Crippen LogP contribution in [0, 0.1) is 0 Å². The van der Waals surface area contributed by atoms with Gasteiger partial charge >= 0.3 is 0 Å². The van der Waals surface area contributed by atoms with Crippen LogP contribution in [0.5, 0.6) is 5.75 Å². The number of aromatic hydroxyl groups is 1. The van der Waals surface area contributed by atoms with Gasteiger partial charge in [0.2, 0.25) is 0 Å². The second-order valence-corrected chi connectivity index (χ2v) is 3.36. The molecule has 0 atom stereocenters. The summed E-state index contributed by atoms with van der Waals surface area (Å²) >= 11 is 0. The van der Waals surface area contributed by atoms with E-state index < -0.39 is 0 Å². The number of ketones is 1. The number of phenols is 1. The first-order chi connectivity index (χ1) is 6.63. The van der Waals surface area contributed by atoms with Gasteiger partial charge in [-0.3, -0.25) is 0 Å². The van der Waals surface area contributed by atoms with Crippen molar-refractivity contribution in [1.29, 1.82) is 0 Å². The van der Waals surface area contributed by atoms with Gasteiger partial charge in [-0.25, -0.2) is 0 Å². The molecule has 3 nitrogen and oxygen atoms in total. The van der Waals surface area contributed by atoms with Crippen molar-refractivity contribution in [3.63, 3.8) is 0 Å². The molecule has 0 aliphatic rings. The Balaban J connectivity index is 2.80. The predicted molar refractivity (Wildman–Crippen MR) is 55.0 cm³/mol. The SMILES string of the molecule is CC(=O)CCc1ccc(O)cc1CN. The van der Waals surface area contributed by atoms with Crippen LogP contribution in [-0.4, -0.2) is 10.9 Å². The number of rotatable bonds is 4. The van der Waals surface area contributed by atoms with Gasteiger partial charge in [-0.15, -0.1) is 0 Å². The second-order valence-electron chi connectivity index (χ2n) is 3.36.